The Morgan fingerprint density at radius 1 is 0.806 bits per heavy atom. The lowest BCUT2D eigenvalue weighted by Crippen LogP contribution is -2.45. The van der Waals surface area contributed by atoms with Crippen LogP contribution in [0.15, 0.2) is 77.3 Å². The lowest BCUT2D eigenvalue weighted by Gasteiger charge is -2.45. The van der Waals surface area contributed by atoms with Gasteiger partial charge in [-0.1, -0.05) is 76.6 Å². The molecule has 7 rings (SSSR count). The molecule has 180 valence electrons. The normalized spacial score (nSPS) is 24.1. The van der Waals surface area contributed by atoms with E-state index < -0.39 is 30.5 Å². The van der Waals surface area contributed by atoms with Crippen molar-refractivity contribution in [3.63, 3.8) is 0 Å². The lowest BCUT2D eigenvalue weighted by molar-refractivity contribution is -0.157. The van der Waals surface area contributed by atoms with Crippen LogP contribution >= 0.6 is 15.9 Å². The molecule has 2 bridgehead atoms. The Balaban J connectivity index is 1.26. The number of rotatable bonds is 5. The smallest absolute Gasteiger partial charge is 0.329 e. The van der Waals surface area contributed by atoms with Crippen molar-refractivity contribution in [2.75, 3.05) is 6.61 Å². The quantitative estimate of drug-likeness (QED) is 0.269. The Labute approximate surface area is 216 Å². The first-order valence-corrected chi connectivity index (χ1v) is 12.7. The predicted octanol–water partition coefficient (Wildman–Crippen LogP) is 4.46. The van der Waals surface area contributed by atoms with Gasteiger partial charge in [0.1, 0.15) is 6.04 Å². The summed E-state index contributed by atoms with van der Waals surface area (Å²) in [5.41, 5.74) is 4.69. The minimum absolute atomic E-state index is 0.240. The molecule has 1 saturated heterocycles. The summed E-state index contributed by atoms with van der Waals surface area (Å²) in [6.45, 7) is 1.03. The number of carbonyl (C=O) groups excluding carboxylic acids is 4. The molecule has 0 saturated carbocycles. The summed E-state index contributed by atoms with van der Waals surface area (Å²) in [4.78, 5) is 53.9. The number of ketones is 1. The van der Waals surface area contributed by atoms with E-state index >= 15 is 0 Å². The molecule has 36 heavy (non-hydrogen) atoms. The van der Waals surface area contributed by atoms with Crippen LogP contribution < -0.4 is 0 Å². The van der Waals surface area contributed by atoms with Crippen molar-refractivity contribution < 1.29 is 23.9 Å². The number of hydrogen-bond donors (Lipinski definition) is 0. The van der Waals surface area contributed by atoms with Gasteiger partial charge in [-0.2, -0.15) is 0 Å². The summed E-state index contributed by atoms with van der Waals surface area (Å²) in [5, 5.41) is 0. The van der Waals surface area contributed by atoms with Crippen LogP contribution in [0.3, 0.4) is 0 Å². The number of amides is 2. The zero-order valence-electron chi connectivity index (χ0n) is 19.4. The van der Waals surface area contributed by atoms with E-state index in [4.69, 9.17) is 4.74 Å². The van der Waals surface area contributed by atoms with Crippen LogP contribution in [0.1, 0.15) is 51.4 Å². The minimum Gasteiger partial charge on any atom is -0.456 e. The molecule has 3 atom stereocenters. The summed E-state index contributed by atoms with van der Waals surface area (Å²) in [5.74, 6) is -3.45. The van der Waals surface area contributed by atoms with Crippen molar-refractivity contribution in [2.45, 2.75) is 24.8 Å². The molecule has 6 nitrogen and oxygen atoms in total. The Kier molecular flexibility index (Phi) is 5.41. The van der Waals surface area contributed by atoms with Crippen molar-refractivity contribution in [3.05, 3.63) is 105 Å². The topological polar surface area (TPSA) is 80.8 Å². The first-order chi connectivity index (χ1) is 17.4. The van der Waals surface area contributed by atoms with Gasteiger partial charge in [0.25, 0.3) is 0 Å². The summed E-state index contributed by atoms with van der Waals surface area (Å²) < 4.78 is 6.09. The summed E-state index contributed by atoms with van der Waals surface area (Å²) in [6, 6.07) is 21.6. The van der Waals surface area contributed by atoms with Crippen LogP contribution in [0.2, 0.25) is 0 Å². The Morgan fingerprint density at radius 3 is 1.69 bits per heavy atom. The molecule has 0 N–H and O–H groups in total. The Morgan fingerprint density at radius 2 is 1.25 bits per heavy atom. The number of halogens is 1. The third-order valence-electron chi connectivity index (χ3n) is 7.72. The van der Waals surface area contributed by atoms with E-state index in [0.29, 0.717) is 5.56 Å². The number of Topliss-reactive ketones (excluding diaryl/α,β-unsaturated/α-hetero) is 1. The molecule has 1 aliphatic heterocycles. The molecule has 3 aromatic rings. The van der Waals surface area contributed by atoms with Crippen LogP contribution in [0.4, 0.5) is 0 Å². The SMILES string of the molecule is C[C@H](C(=O)OCC(=O)c1ccc(Br)cc1)N1C(=O)[C@@H]2C3c4ccccc4C(c4ccccc43)[C@H]2C1=O. The van der Waals surface area contributed by atoms with Crippen LogP contribution in [0.25, 0.3) is 0 Å². The molecule has 3 aromatic carbocycles. The number of carbonyl (C=O) groups is 4. The van der Waals surface area contributed by atoms with Gasteiger partial charge in [0, 0.05) is 21.9 Å². The first-order valence-electron chi connectivity index (χ1n) is 11.9. The van der Waals surface area contributed by atoms with Gasteiger partial charge in [0.05, 0.1) is 11.8 Å². The lowest BCUT2D eigenvalue weighted by atomic mass is 9.55. The van der Waals surface area contributed by atoms with Crippen molar-refractivity contribution in [1.29, 1.82) is 0 Å². The highest BCUT2D eigenvalue weighted by Gasteiger charge is 2.62. The van der Waals surface area contributed by atoms with Crippen LogP contribution in [0, 0.1) is 11.8 Å². The third kappa shape index (κ3) is 3.29. The number of nitrogens with zero attached hydrogens (tertiary/aromatic N) is 1. The van der Waals surface area contributed by atoms with E-state index in [9.17, 15) is 19.2 Å². The van der Waals surface area contributed by atoms with E-state index in [1.54, 1.807) is 24.3 Å². The van der Waals surface area contributed by atoms with Crippen LogP contribution in [-0.4, -0.2) is 41.1 Å². The second-order valence-corrected chi connectivity index (χ2v) is 10.4. The zero-order valence-corrected chi connectivity index (χ0v) is 21.0. The molecule has 3 aliphatic carbocycles. The maximum atomic E-state index is 13.7. The van der Waals surface area contributed by atoms with Crippen molar-refractivity contribution >= 4 is 39.5 Å². The highest BCUT2D eigenvalue weighted by atomic mass is 79.9. The van der Waals surface area contributed by atoms with E-state index in [0.717, 1.165) is 31.6 Å². The minimum atomic E-state index is -1.13. The van der Waals surface area contributed by atoms with Gasteiger partial charge < -0.3 is 4.74 Å². The predicted molar refractivity (Wildman–Crippen MR) is 134 cm³/mol. The monoisotopic (exact) mass is 543 g/mol. The van der Waals surface area contributed by atoms with E-state index in [2.05, 4.69) is 15.9 Å². The maximum Gasteiger partial charge on any atom is 0.329 e. The van der Waals surface area contributed by atoms with Crippen LogP contribution in [-0.2, 0) is 19.1 Å². The number of esters is 1. The van der Waals surface area contributed by atoms with Gasteiger partial charge in [0.15, 0.2) is 12.4 Å². The molecule has 0 radical (unpaired) electrons. The molecular formula is C29H22BrNO5. The van der Waals surface area contributed by atoms with Gasteiger partial charge in [-0.3, -0.25) is 19.3 Å². The molecule has 4 aliphatic rings. The number of imide groups is 1. The van der Waals surface area contributed by atoms with Gasteiger partial charge in [-0.05, 0) is 41.3 Å². The van der Waals surface area contributed by atoms with Gasteiger partial charge in [-0.15, -0.1) is 0 Å². The average Bonchev–Trinajstić information content (AvgIpc) is 3.17. The fourth-order valence-corrected chi connectivity index (χ4v) is 6.43. The maximum absolute atomic E-state index is 13.7. The van der Waals surface area contributed by atoms with Crippen molar-refractivity contribution in [1.82, 2.24) is 4.90 Å². The average molecular weight is 544 g/mol. The number of hydrogen-bond acceptors (Lipinski definition) is 5. The standard InChI is InChI=1S/C29H22BrNO5/c1-15(29(35)36-14-22(32)16-10-12-17(30)13-11-16)31-27(33)25-23-18-6-2-3-7-19(18)24(26(25)28(31)34)21-9-5-4-8-20(21)23/h2-13,15,23-26H,14H2,1H3/t15-,23?,24?,25-,26-/m1/s1. The Hall–Kier alpha value is -3.58. The molecular weight excluding hydrogens is 522 g/mol. The molecule has 2 amide bonds. The molecule has 0 unspecified atom stereocenters. The van der Waals surface area contributed by atoms with E-state index in [-0.39, 0.29) is 29.4 Å². The number of ether oxygens (including phenoxy) is 1. The van der Waals surface area contributed by atoms with Crippen LogP contribution in [0.5, 0.6) is 0 Å². The number of likely N-dealkylation sites (tertiary alicyclic amines) is 1. The second-order valence-electron chi connectivity index (χ2n) is 9.52. The van der Waals surface area contributed by atoms with Gasteiger partial charge in [-0.25, -0.2) is 4.79 Å². The van der Waals surface area contributed by atoms with Crippen molar-refractivity contribution in [2.24, 2.45) is 11.8 Å². The zero-order chi connectivity index (χ0) is 25.1. The molecule has 0 aromatic heterocycles. The van der Waals surface area contributed by atoms with Crippen molar-refractivity contribution in [3.8, 4) is 0 Å². The summed E-state index contributed by atoms with van der Waals surface area (Å²) >= 11 is 3.32. The molecule has 1 fully saturated rings. The largest absolute Gasteiger partial charge is 0.456 e. The Bertz CT molecular complexity index is 1320. The fourth-order valence-electron chi connectivity index (χ4n) is 6.16. The van der Waals surface area contributed by atoms with E-state index in [1.807, 2.05) is 48.5 Å². The summed E-state index contributed by atoms with van der Waals surface area (Å²) in [6.07, 6.45) is 0. The van der Waals surface area contributed by atoms with Gasteiger partial charge >= 0.3 is 5.97 Å². The number of benzene rings is 3. The molecule has 1 heterocycles. The molecule has 7 heteroatoms. The molecule has 0 spiro atoms. The third-order valence-corrected chi connectivity index (χ3v) is 8.25. The highest BCUT2D eigenvalue weighted by Crippen LogP contribution is 2.61. The fraction of sp³-hybridized carbons (Fsp3) is 0.241. The van der Waals surface area contributed by atoms with E-state index in [1.165, 1.54) is 6.92 Å². The van der Waals surface area contributed by atoms with Gasteiger partial charge in [0.2, 0.25) is 11.8 Å². The second kappa shape index (κ2) is 8.52. The first kappa shape index (κ1) is 22.9. The highest BCUT2D eigenvalue weighted by molar-refractivity contribution is 9.10. The summed E-state index contributed by atoms with van der Waals surface area (Å²) in [7, 11) is 0.